The molecule has 1 aliphatic rings. The van der Waals surface area contributed by atoms with Gasteiger partial charge in [-0.2, -0.15) is 0 Å². The standard InChI is InChI=1S/C16H23FN2O4S/c17-13-3-1-11(2-4-13)9-14(20)10-19-16(21)15(18)12-5-7-24(22,23)8-6-12/h1-4,12,14-15,20H,5-10,18H2,(H,19,21). The molecular weight excluding hydrogens is 335 g/mol. The van der Waals surface area contributed by atoms with Gasteiger partial charge in [0, 0.05) is 13.0 Å². The van der Waals surface area contributed by atoms with Gasteiger partial charge in [0.1, 0.15) is 15.7 Å². The summed E-state index contributed by atoms with van der Waals surface area (Å²) in [5.41, 5.74) is 6.67. The van der Waals surface area contributed by atoms with Crippen LogP contribution >= 0.6 is 0 Å². The monoisotopic (exact) mass is 358 g/mol. The van der Waals surface area contributed by atoms with Crippen LogP contribution in [0.1, 0.15) is 18.4 Å². The fourth-order valence-electron chi connectivity index (χ4n) is 2.78. The van der Waals surface area contributed by atoms with Gasteiger partial charge in [-0.15, -0.1) is 0 Å². The summed E-state index contributed by atoms with van der Waals surface area (Å²) in [6.07, 6.45) is 0.250. The molecule has 2 atom stereocenters. The third-order valence-electron chi connectivity index (χ3n) is 4.31. The number of nitrogens with two attached hydrogens (primary N) is 1. The maximum atomic E-state index is 12.8. The van der Waals surface area contributed by atoms with Crippen molar-refractivity contribution in [2.75, 3.05) is 18.1 Å². The maximum absolute atomic E-state index is 12.8. The van der Waals surface area contributed by atoms with Gasteiger partial charge in [-0.1, -0.05) is 12.1 Å². The summed E-state index contributed by atoms with van der Waals surface area (Å²) >= 11 is 0. The highest BCUT2D eigenvalue weighted by Crippen LogP contribution is 2.21. The fraction of sp³-hybridized carbons (Fsp3) is 0.562. The van der Waals surface area contributed by atoms with E-state index < -0.39 is 27.9 Å². The predicted octanol–water partition coefficient (Wildman–Crippen LogP) is -0.00260. The highest BCUT2D eigenvalue weighted by Gasteiger charge is 2.31. The smallest absolute Gasteiger partial charge is 0.237 e. The molecule has 1 heterocycles. The van der Waals surface area contributed by atoms with Crippen molar-refractivity contribution in [3.8, 4) is 0 Å². The van der Waals surface area contributed by atoms with Crippen LogP contribution in [0, 0.1) is 11.7 Å². The first kappa shape index (κ1) is 18.8. The fourth-order valence-corrected chi connectivity index (χ4v) is 4.31. The zero-order valence-electron chi connectivity index (χ0n) is 13.3. The number of rotatable bonds is 6. The number of benzene rings is 1. The van der Waals surface area contributed by atoms with E-state index in [0.29, 0.717) is 12.8 Å². The Bertz CT molecular complexity index is 649. The number of sulfone groups is 1. The van der Waals surface area contributed by atoms with Gasteiger partial charge in [0.05, 0.1) is 23.7 Å². The van der Waals surface area contributed by atoms with E-state index in [1.807, 2.05) is 0 Å². The zero-order chi connectivity index (χ0) is 17.7. The lowest BCUT2D eigenvalue weighted by molar-refractivity contribution is -0.124. The van der Waals surface area contributed by atoms with Gasteiger partial charge in [-0.3, -0.25) is 4.79 Å². The Labute approximate surface area is 141 Å². The summed E-state index contributed by atoms with van der Waals surface area (Å²) in [6, 6.07) is 5.00. The van der Waals surface area contributed by atoms with E-state index in [2.05, 4.69) is 5.32 Å². The minimum Gasteiger partial charge on any atom is -0.391 e. The average molecular weight is 358 g/mol. The second-order valence-corrected chi connectivity index (χ2v) is 8.55. The Morgan fingerprint density at radius 2 is 1.88 bits per heavy atom. The Morgan fingerprint density at radius 1 is 1.29 bits per heavy atom. The molecule has 8 heteroatoms. The highest BCUT2D eigenvalue weighted by atomic mass is 32.2. The Balaban J connectivity index is 1.76. The van der Waals surface area contributed by atoms with E-state index in [1.54, 1.807) is 12.1 Å². The molecule has 0 radical (unpaired) electrons. The lowest BCUT2D eigenvalue weighted by Gasteiger charge is -2.27. The number of nitrogens with one attached hydrogen (secondary N) is 1. The largest absolute Gasteiger partial charge is 0.391 e. The molecule has 1 aromatic carbocycles. The van der Waals surface area contributed by atoms with Crippen LogP contribution in [0.3, 0.4) is 0 Å². The first-order valence-electron chi connectivity index (χ1n) is 7.93. The lowest BCUT2D eigenvalue weighted by atomic mass is 9.93. The quantitative estimate of drug-likeness (QED) is 0.663. The molecule has 0 spiro atoms. The van der Waals surface area contributed by atoms with Gasteiger partial charge in [0.2, 0.25) is 5.91 Å². The van der Waals surface area contributed by atoms with Crippen LogP contribution in [0.4, 0.5) is 4.39 Å². The van der Waals surface area contributed by atoms with E-state index >= 15 is 0 Å². The van der Waals surface area contributed by atoms with Crippen molar-refractivity contribution in [1.82, 2.24) is 5.32 Å². The van der Waals surface area contributed by atoms with Crippen LogP contribution in [0.5, 0.6) is 0 Å². The third kappa shape index (κ3) is 5.54. The minimum atomic E-state index is -2.99. The molecule has 4 N–H and O–H groups in total. The molecular formula is C16H23FN2O4S. The minimum absolute atomic E-state index is 0.0366. The van der Waals surface area contributed by atoms with Gasteiger partial charge in [0.25, 0.3) is 0 Å². The molecule has 0 saturated carbocycles. The van der Waals surface area contributed by atoms with Crippen LogP contribution in [-0.4, -0.2) is 49.6 Å². The number of hydrogen-bond acceptors (Lipinski definition) is 5. The molecule has 0 aromatic heterocycles. The normalized spacial score (nSPS) is 20.3. The number of amides is 1. The van der Waals surface area contributed by atoms with Crippen molar-refractivity contribution in [1.29, 1.82) is 0 Å². The van der Waals surface area contributed by atoms with Gasteiger partial charge in [0.15, 0.2) is 0 Å². The van der Waals surface area contributed by atoms with Crippen molar-refractivity contribution in [3.63, 3.8) is 0 Å². The molecule has 1 fully saturated rings. The maximum Gasteiger partial charge on any atom is 0.237 e. The molecule has 1 aliphatic heterocycles. The summed E-state index contributed by atoms with van der Waals surface area (Å²) < 4.78 is 35.6. The van der Waals surface area contributed by atoms with Crippen LogP contribution in [0.15, 0.2) is 24.3 Å². The Kier molecular flexibility index (Phi) is 6.31. The predicted molar refractivity (Wildman–Crippen MR) is 88.5 cm³/mol. The van der Waals surface area contributed by atoms with Crippen molar-refractivity contribution >= 4 is 15.7 Å². The third-order valence-corrected chi connectivity index (χ3v) is 6.02. The molecule has 0 aliphatic carbocycles. The number of aliphatic hydroxyl groups is 1. The summed E-state index contributed by atoms with van der Waals surface area (Å²) in [6.45, 7) is 0.0366. The van der Waals surface area contributed by atoms with Crippen LogP contribution < -0.4 is 11.1 Å². The Hall–Kier alpha value is -1.51. The van der Waals surface area contributed by atoms with E-state index in [4.69, 9.17) is 5.73 Å². The van der Waals surface area contributed by atoms with Gasteiger partial charge >= 0.3 is 0 Å². The topological polar surface area (TPSA) is 109 Å². The van der Waals surface area contributed by atoms with Gasteiger partial charge in [-0.05, 0) is 36.5 Å². The molecule has 2 rings (SSSR count). The number of carbonyl (C=O) groups is 1. The van der Waals surface area contributed by atoms with Crippen molar-refractivity contribution < 1.29 is 22.7 Å². The van der Waals surface area contributed by atoms with Crippen LogP contribution in [-0.2, 0) is 21.1 Å². The van der Waals surface area contributed by atoms with Gasteiger partial charge in [-0.25, -0.2) is 12.8 Å². The molecule has 2 unspecified atom stereocenters. The molecule has 0 bridgehead atoms. The Morgan fingerprint density at radius 3 is 2.46 bits per heavy atom. The molecule has 134 valence electrons. The average Bonchev–Trinajstić information content (AvgIpc) is 2.54. The number of carbonyl (C=O) groups excluding carboxylic acids is 1. The zero-order valence-corrected chi connectivity index (χ0v) is 14.1. The second-order valence-electron chi connectivity index (χ2n) is 6.24. The molecule has 1 amide bonds. The first-order valence-corrected chi connectivity index (χ1v) is 9.75. The number of hydrogen-bond donors (Lipinski definition) is 3. The summed E-state index contributed by atoms with van der Waals surface area (Å²) in [5, 5.41) is 12.5. The van der Waals surface area contributed by atoms with Crippen molar-refractivity contribution in [3.05, 3.63) is 35.6 Å². The van der Waals surface area contributed by atoms with Crippen LogP contribution in [0.2, 0.25) is 0 Å². The first-order chi connectivity index (χ1) is 11.3. The number of aliphatic hydroxyl groups excluding tert-OH is 1. The molecule has 1 aromatic rings. The van der Waals surface area contributed by atoms with E-state index in [1.165, 1.54) is 12.1 Å². The second kappa shape index (κ2) is 8.04. The molecule has 6 nitrogen and oxygen atoms in total. The summed E-state index contributed by atoms with van der Waals surface area (Å²) in [5.74, 6) is -0.778. The van der Waals surface area contributed by atoms with E-state index in [-0.39, 0.29) is 36.2 Å². The van der Waals surface area contributed by atoms with Crippen molar-refractivity contribution in [2.45, 2.75) is 31.4 Å². The van der Waals surface area contributed by atoms with Gasteiger partial charge < -0.3 is 16.2 Å². The molecule has 1 saturated heterocycles. The lowest BCUT2D eigenvalue weighted by Crippen LogP contribution is -2.49. The van der Waals surface area contributed by atoms with E-state index in [0.717, 1.165) is 5.56 Å². The highest BCUT2D eigenvalue weighted by molar-refractivity contribution is 7.91. The summed E-state index contributed by atoms with van der Waals surface area (Å²) in [7, 11) is -2.99. The van der Waals surface area contributed by atoms with Crippen molar-refractivity contribution in [2.24, 2.45) is 11.7 Å². The SMILES string of the molecule is NC(C(=O)NCC(O)Cc1ccc(F)cc1)C1CCS(=O)(=O)CC1. The number of halogens is 1. The summed E-state index contributed by atoms with van der Waals surface area (Å²) in [4.78, 5) is 12.1. The molecule has 24 heavy (non-hydrogen) atoms. The van der Waals surface area contributed by atoms with Crippen LogP contribution in [0.25, 0.3) is 0 Å². The van der Waals surface area contributed by atoms with E-state index in [9.17, 15) is 22.7 Å².